The fourth-order valence-electron chi connectivity index (χ4n) is 1.39. The summed E-state index contributed by atoms with van der Waals surface area (Å²) in [6, 6.07) is 3.14. The number of fused-ring (bicyclic) bond motifs is 1. The summed E-state index contributed by atoms with van der Waals surface area (Å²) in [6.45, 7) is 3.60. The van der Waals surface area contributed by atoms with Crippen LogP contribution in [-0.2, 0) is 0 Å². The molecule has 0 bridgehead atoms. The minimum atomic E-state index is -0.245. The quantitative estimate of drug-likeness (QED) is 0.646. The van der Waals surface area contributed by atoms with Crippen molar-refractivity contribution in [3.63, 3.8) is 0 Å². The molecule has 1 nitrogen and oxygen atoms in total. The van der Waals surface area contributed by atoms with Crippen LogP contribution in [0.1, 0.15) is 11.1 Å². The van der Waals surface area contributed by atoms with Crippen LogP contribution < -0.4 is 0 Å². The number of rotatable bonds is 0. The molecule has 1 aromatic carbocycles. The van der Waals surface area contributed by atoms with Crippen LogP contribution in [-0.4, -0.2) is 4.98 Å². The molecule has 0 aliphatic rings. The van der Waals surface area contributed by atoms with Crippen LogP contribution in [0.25, 0.3) is 10.9 Å². The number of aromatic nitrogens is 1. The lowest BCUT2D eigenvalue weighted by Gasteiger charge is -2.04. The van der Waals surface area contributed by atoms with Gasteiger partial charge in [0.1, 0.15) is 5.82 Å². The third-order valence-corrected chi connectivity index (χ3v) is 2.76. The number of halogens is 2. The smallest absolute Gasteiger partial charge is 0.128 e. The summed E-state index contributed by atoms with van der Waals surface area (Å²) in [4.78, 5) is 4.12. The molecule has 0 N–H and O–H groups in total. The van der Waals surface area contributed by atoms with Gasteiger partial charge in [-0.15, -0.1) is 0 Å². The Morgan fingerprint density at radius 3 is 2.64 bits per heavy atom. The van der Waals surface area contributed by atoms with Crippen molar-refractivity contribution in [2.75, 3.05) is 0 Å². The van der Waals surface area contributed by atoms with E-state index in [4.69, 9.17) is 11.6 Å². The lowest BCUT2D eigenvalue weighted by atomic mass is 10.1. The maximum atomic E-state index is 13.2. The van der Waals surface area contributed by atoms with Crippen molar-refractivity contribution in [2.45, 2.75) is 13.8 Å². The minimum absolute atomic E-state index is 0.245. The molecule has 0 saturated heterocycles. The molecule has 0 spiro atoms. The van der Waals surface area contributed by atoms with Gasteiger partial charge < -0.3 is 0 Å². The molecule has 72 valence electrons. The Labute approximate surface area is 86.5 Å². The van der Waals surface area contributed by atoms with E-state index in [0.717, 1.165) is 10.9 Å². The van der Waals surface area contributed by atoms with E-state index < -0.39 is 0 Å². The van der Waals surface area contributed by atoms with Gasteiger partial charge in [0.2, 0.25) is 0 Å². The summed E-state index contributed by atoms with van der Waals surface area (Å²) >= 11 is 6.09. The predicted octanol–water partition coefficient (Wildman–Crippen LogP) is 3.64. The van der Waals surface area contributed by atoms with Crippen molar-refractivity contribution in [1.82, 2.24) is 4.98 Å². The first-order valence-electron chi connectivity index (χ1n) is 4.30. The van der Waals surface area contributed by atoms with E-state index in [1.807, 2.05) is 6.92 Å². The van der Waals surface area contributed by atoms with Gasteiger partial charge in [-0.25, -0.2) is 4.39 Å². The highest BCUT2D eigenvalue weighted by atomic mass is 35.5. The van der Waals surface area contributed by atoms with Crippen LogP contribution in [0, 0.1) is 19.7 Å². The third kappa shape index (κ3) is 1.36. The minimum Gasteiger partial charge on any atom is -0.256 e. The van der Waals surface area contributed by atoms with Crippen LogP contribution in [0.2, 0.25) is 5.02 Å². The van der Waals surface area contributed by atoms with E-state index in [2.05, 4.69) is 4.98 Å². The van der Waals surface area contributed by atoms with Crippen LogP contribution in [0.15, 0.2) is 18.3 Å². The summed E-state index contributed by atoms with van der Waals surface area (Å²) in [6.07, 6.45) is 1.65. The molecule has 0 saturated carbocycles. The molecule has 0 radical (unpaired) electrons. The lowest BCUT2D eigenvalue weighted by molar-refractivity contribution is 0.620. The molecule has 1 heterocycles. The Kier molecular flexibility index (Phi) is 2.16. The van der Waals surface area contributed by atoms with Gasteiger partial charge in [-0.3, -0.25) is 4.98 Å². The molecule has 2 aromatic rings. The van der Waals surface area contributed by atoms with Gasteiger partial charge in [0.15, 0.2) is 0 Å². The second-order valence-corrected chi connectivity index (χ2v) is 3.75. The summed E-state index contributed by atoms with van der Waals surface area (Å²) in [5.74, 6) is -0.245. The summed E-state index contributed by atoms with van der Waals surface area (Å²) in [7, 11) is 0. The SMILES string of the molecule is Cc1cc2c(Cl)c(C)cnc2cc1F. The Balaban J connectivity index is 2.89. The second-order valence-electron chi connectivity index (χ2n) is 3.37. The zero-order valence-electron chi connectivity index (χ0n) is 7.94. The van der Waals surface area contributed by atoms with Crippen LogP contribution in [0.3, 0.4) is 0 Å². The monoisotopic (exact) mass is 209 g/mol. The zero-order chi connectivity index (χ0) is 10.3. The Morgan fingerprint density at radius 1 is 1.21 bits per heavy atom. The van der Waals surface area contributed by atoms with Gasteiger partial charge in [-0.2, -0.15) is 0 Å². The predicted molar refractivity (Wildman–Crippen MR) is 56.2 cm³/mol. The molecule has 0 atom stereocenters. The highest BCUT2D eigenvalue weighted by molar-refractivity contribution is 6.36. The molecule has 0 unspecified atom stereocenters. The molecule has 3 heteroatoms. The van der Waals surface area contributed by atoms with Gasteiger partial charge in [0, 0.05) is 17.6 Å². The third-order valence-electron chi connectivity index (χ3n) is 2.26. The van der Waals surface area contributed by atoms with Crippen molar-refractivity contribution in [1.29, 1.82) is 0 Å². The molecule has 0 aliphatic carbocycles. The largest absolute Gasteiger partial charge is 0.256 e. The molecule has 0 fully saturated rings. The fourth-order valence-corrected chi connectivity index (χ4v) is 1.59. The van der Waals surface area contributed by atoms with Crippen molar-refractivity contribution < 1.29 is 4.39 Å². The Hall–Kier alpha value is -1.15. The van der Waals surface area contributed by atoms with E-state index in [1.54, 1.807) is 19.2 Å². The summed E-state index contributed by atoms with van der Waals surface area (Å²) in [5, 5.41) is 1.46. The molecular weight excluding hydrogens is 201 g/mol. The van der Waals surface area contributed by atoms with Gasteiger partial charge in [-0.05, 0) is 31.0 Å². The standard InChI is InChI=1S/C11H9ClFN/c1-6-3-8-10(4-9(6)13)14-5-7(2)11(8)12/h3-5H,1-2H3. The van der Waals surface area contributed by atoms with Gasteiger partial charge >= 0.3 is 0 Å². The summed E-state index contributed by atoms with van der Waals surface area (Å²) in [5.41, 5.74) is 2.10. The topological polar surface area (TPSA) is 12.9 Å². The number of nitrogens with zero attached hydrogens (tertiary/aromatic N) is 1. The highest BCUT2D eigenvalue weighted by Crippen LogP contribution is 2.26. The van der Waals surface area contributed by atoms with Crippen LogP contribution in [0.4, 0.5) is 4.39 Å². The molecule has 1 aromatic heterocycles. The van der Waals surface area contributed by atoms with E-state index >= 15 is 0 Å². The van der Waals surface area contributed by atoms with Crippen LogP contribution in [0.5, 0.6) is 0 Å². The molecule has 14 heavy (non-hydrogen) atoms. The number of benzene rings is 1. The van der Waals surface area contributed by atoms with Crippen molar-refractivity contribution in [3.8, 4) is 0 Å². The maximum Gasteiger partial charge on any atom is 0.128 e. The van der Waals surface area contributed by atoms with E-state index in [1.165, 1.54) is 6.07 Å². The average Bonchev–Trinajstić information content (AvgIpc) is 2.15. The van der Waals surface area contributed by atoms with Gasteiger partial charge in [0.25, 0.3) is 0 Å². The molecule has 2 rings (SSSR count). The first-order valence-corrected chi connectivity index (χ1v) is 4.68. The number of hydrogen-bond donors (Lipinski definition) is 0. The maximum absolute atomic E-state index is 13.2. The zero-order valence-corrected chi connectivity index (χ0v) is 8.69. The van der Waals surface area contributed by atoms with E-state index in [0.29, 0.717) is 16.1 Å². The van der Waals surface area contributed by atoms with Crippen molar-refractivity contribution in [2.24, 2.45) is 0 Å². The number of aryl methyl sites for hydroxylation is 2. The van der Waals surface area contributed by atoms with Gasteiger partial charge in [0.05, 0.1) is 10.5 Å². The van der Waals surface area contributed by atoms with E-state index in [9.17, 15) is 4.39 Å². The normalized spacial score (nSPS) is 10.9. The fraction of sp³-hybridized carbons (Fsp3) is 0.182. The van der Waals surface area contributed by atoms with E-state index in [-0.39, 0.29) is 5.82 Å². The molecular formula is C11H9ClFN. The Bertz CT molecular complexity index is 508. The number of pyridine rings is 1. The first kappa shape index (κ1) is 9.41. The summed E-state index contributed by atoms with van der Waals surface area (Å²) < 4.78 is 13.2. The molecule has 0 aliphatic heterocycles. The Morgan fingerprint density at radius 2 is 1.93 bits per heavy atom. The highest BCUT2D eigenvalue weighted by Gasteiger charge is 2.06. The van der Waals surface area contributed by atoms with Gasteiger partial charge in [-0.1, -0.05) is 11.6 Å². The second kappa shape index (κ2) is 3.21. The molecule has 0 amide bonds. The number of hydrogen-bond acceptors (Lipinski definition) is 1. The van der Waals surface area contributed by atoms with Crippen molar-refractivity contribution >= 4 is 22.5 Å². The lowest BCUT2D eigenvalue weighted by Crippen LogP contribution is -1.88. The average molecular weight is 210 g/mol. The van der Waals surface area contributed by atoms with Crippen molar-refractivity contribution in [3.05, 3.63) is 40.3 Å². The first-order chi connectivity index (χ1) is 6.59. The van der Waals surface area contributed by atoms with Crippen LogP contribution >= 0.6 is 11.6 Å².